The van der Waals surface area contributed by atoms with Crippen molar-refractivity contribution >= 4 is 0 Å². The summed E-state index contributed by atoms with van der Waals surface area (Å²) in [6.07, 6.45) is 7.27. The predicted molar refractivity (Wildman–Crippen MR) is 64.7 cm³/mol. The maximum Gasteiger partial charge on any atom is 0.123 e. The normalized spacial score (nSPS) is 18.9. The molecule has 0 aromatic heterocycles. The third-order valence-corrected chi connectivity index (χ3v) is 3.50. The largest absolute Gasteiger partial charge is 0.327 e. The minimum atomic E-state index is -0.162. The van der Waals surface area contributed by atoms with E-state index >= 15 is 0 Å². The summed E-state index contributed by atoms with van der Waals surface area (Å²) in [7, 11) is 0. The van der Waals surface area contributed by atoms with Crippen molar-refractivity contribution in [3.05, 3.63) is 35.6 Å². The molecule has 1 unspecified atom stereocenters. The van der Waals surface area contributed by atoms with E-state index in [1.165, 1.54) is 31.7 Å². The van der Waals surface area contributed by atoms with Crippen LogP contribution in [0.3, 0.4) is 0 Å². The quantitative estimate of drug-likeness (QED) is 0.829. The van der Waals surface area contributed by atoms with E-state index in [0.29, 0.717) is 0 Å². The van der Waals surface area contributed by atoms with Crippen molar-refractivity contribution < 1.29 is 4.39 Å². The highest BCUT2D eigenvalue weighted by atomic mass is 19.1. The Morgan fingerprint density at radius 2 is 2.06 bits per heavy atom. The van der Waals surface area contributed by atoms with Crippen molar-refractivity contribution in [2.45, 2.75) is 44.6 Å². The van der Waals surface area contributed by atoms with Crippen LogP contribution in [0.15, 0.2) is 24.3 Å². The van der Waals surface area contributed by atoms with Crippen LogP contribution in [0.2, 0.25) is 0 Å². The fourth-order valence-electron chi connectivity index (χ4n) is 2.72. The Bertz CT molecular complexity index is 331. The van der Waals surface area contributed by atoms with E-state index in [9.17, 15) is 4.39 Å². The molecular weight excluding hydrogens is 201 g/mol. The van der Waals surface area contributed by atoms with Crippen LogP contribution in [-0.2, 0) is 6.42 Å². The number of rotatable bonds is 4. The van der Waals surface area contributed by atoms with Gasteiger partial charge in [0.05, 0.1) is 0 Å². The van der Waals surface area contributed by atoms with E-state index in [1.54, 1.807) is 12.1 Å². The predicted octanol–water partition coefficient (Wildman–Crippen LogP) is 3.28. The Labute approximate surface area is 96.9 Å². The van der Waals surface area contributed by atoms with Crippen molar-refractivity contribution in [2.24, 2.45) is 11.7 Å². The van der Waals surface area contributed by atoms with Crippen molar-refractivity contribution in [1.29, 1.82) is 0 Å². The third-order valence-electron chi connectivity index (χ3n) is 3.50. The molecule has 0 saturated heterocycles. The van der Waals surface area contributed by atoms with Gasteiger partial charge in [0.1, 0.15) is 5.82 Å². The molecule has 2 heteroatoms. The molecule has 0 amide bonds. The zero-order valence-electron chi connectivity index (χ0n) is 9.66. The summed E-state index contributed by atoms with van der Waals surface area (Å²) in [6.45, 7) is 0. The lowest BCUT2D eigenvalue weighted by Crippen LogP contribution is -2.25. The van der Waals surface area contributed by atoms with Gasteiger partial charge in [0.15, 0.2) is 0 Å². The van der Waals surface area contributed by atoms with Crippen LogP contribution in [0.5, 0.6) is 0 Å². The Morgan fingerprint density at radius 3 is 2.75 bits per heavy atom. The molecule has 1 atom stereocenters. The molecule has 1 saturated carbocycles. The van der Waals surface area contributed by atoms with Crippen LogP contribution >= 0.6 is 0 Å². The summed E-state index contributed by atoms with van der Waals surface area (Å²) < 4.78 is 13.0. The summed E-state index contributed by atoms with van der Waals surface area (Å²) in [5.41, 5.74) is 7.13. The van der Waals surface area contributed by atoms with Gasteiger partial charge in [-0.05, 0) is 36.5 Å². The summed E-state index contributed by atoms with van der Waals surface area (Å²) in [6, 6.07) is 6.97. The molecule has 2 N–H and O–H groups in total. The first-order chi connectivity index (χ1) is 7.74. The van der Waals surface area contributed by atoms with Gasteiger partial charge in [-0.2, -0.15) is 0 Å². The first-order valence-electron chi connectivity index (χ1n) is 6.24. The third kappa shape index (κ3) is 3.31. The number of benzene rings is 1. The van der Waals surface area contributed by atoms with Gasteiger partial charge in [-0.3, -0.25) is 0 Å². The van der Waals surface area contributed by atoms with Crippen molar-refractivity contribution in [3.63, 3.8) is 0 Å². The van der Waals surface area contributed by atoms with Gasteiger partial charge >= 0.3 is 0 Å². The van der Waals surface area contributed by atoms with Gasteiger partial charge in [-0.1, -0.05) is 37.8 Å². The van der Waals surface area contributed by atoms with Crippen molar-refractivity contribution in [2.75, 3.05) is 0 Å². The second-order valence-corrected chi connectivity index (χ2v) is 4.98. The van der Waals surface area contributed by atoms with Gasteiger partial charge in [0, 0.05) is 6.04 Å². The molecule has 1 fully saturated rings. The van der Waals surface area contributed by atoms with E-state index in [2.05, 4.69) is 0 Å². The highest BCUT2D eigenvalue weighted by Crippen LogP contribution is 2.28. The summed E-state index contributed by atoms with van der Waals surface area (Å²) in [5.74, 6) is 0.647. The SMILES string of the molecule is NC(Cc1cccc(F)c1)CC1CCCC1. The Hall–Kier alpha value is -0.890. The molecule has 0 aliphatic heterocycles. The molecule has 88 valence electrons. The lowest BCUT2D eigenvalue weighted by molar-refractivity contribution is 0.440. The highest BCUT2D eigenvalue weighted by Gasteiger charge is 2.18. The van der Waals surface area contributed by atoms with Crippen LogP contribution in [0.25, 0.3) is 0 Å². The van der Waals surface area contributed by atoms with Gasteiger partial charge in [-0.15, -0.1) is 0 Å². The molecule has 1 aliphatic carbocycles. The molecule has 16 heavy (non-hydrogen) atoms. The summed E-state index contributed by atoms with van der Waals surface area (Å²) in [5, 5.41) is 0. The fraction of sp³-hybridized carbons (Fsp3) is 0.571. The fourth-order valence-corrected chi connectivity index (χ4v) is 2.72. The van der Waals surface area contributed by atoms with E-state index in [0.717, 1.165) is 24.3 Å². The second kappa shape index (κ2) is 5.44. The maximum absolute atomic E-state index is 13.0. The van der Waals surface area contributed by atoms with Gasteiger partial charge in [0.25, 0.3) is 0 Å². The first-order valence-corrected chi connectivity index (χ1v) is 6.24. The average Bonchev–Trinajstić information content (AvgIpc) is 2.70. The molecule has 0 bridgehead atoms. The molecular formula is C14H20FN. The van der Waals surface area contributed by atoms with Crippen molar-refractivity contribution in [1.82, 2.24) is 0 Å². The van der Waals surface area contributed by atoms with Crippen molar-refractivity contribution in [3.8, 4) is 0 Å². The van der Waals surface area contributed by atoms with E-state index in [-0.39, 0.29) is 11.9 Å². The first kappa shape index (κ1) is 11.6. The van der Waals surface area contributed by atoms with Crippen LogP contribution in [0.1, 0.15) is 37.7 Å². The van der Waals surface area contributed by atoms with Crippen LogP contribution in [-0.4, -0.2) is 6.04 Å². The van der Waals surface area contributed by atoms with Gasteiger partial charge < -0.3 is 5.73 Å². The number of halogens is 1. The minimum absolute atomic E-state index is 0.162. The van der Waals surface area contributed by atoms with Crippen LogP contribution in [0.4, 0.5) is 4.39 Å². The van der Waals surface area contributed by atoms with Gasteiger partial charge in [-0.25, -0.2) is 4.39 Å². The monoisotopic (exact) mass is 221 g/mol. The average molecular weight is 221 g/mol. The van der Waals surface area contributed by atoms with E-state index in [1.807, 2.05) is 6.07 Å². The molecule has 1 aromatic carbocycles. The second-order valence-electron chi connectivity index (χ2n) is 4.98. The standard InChI is InChI=1S/C14H20FN/c15-13-7-3-6-12(8-13)10-14(16)9-11-4-1-2-5-11/h3,6-8,11,14H,1-2,4-5,9-10,16H2. The summed E-state index contributed by atoms with van der Waals surface area (Å²) >= 11 is 0. The molecule has 0 radical (unpaired) electrons. The lowest BCUT2D eigenvalue weighted by Gasteiger charge is -2.16. The molecule has 0 heterocycles. The van der Waals surface area contributed by atoms with E-state index in [4.69, 9.17) is 5.73 Å². The number of hydrogen-bond donors (Lipinski definition) is 1. The minimum Gasteiger partial charge on any atom is -0.327 e. The Kier molecular flexibility index (Phi) is 3.94. The number of nitrogens with two attached hydrogens (primary N) is 1. The Balaban J connectivity index is 1.84. The molecule has 0 spiro atoms. The molecule has 1 nitrogen and oxygen atoms in total. The summed E-state index contributed by atoms with van der Waals surface area (Å²) in [4.78, 5) is 0. The van der Waals surface area contributed by atoms with E-state index < -0.39 is 0 Å². The maximum atomic E-state index is 13.0. The Morgan fingerprint density at radius 1 is 1.31 bits per heavy atom. The zero-order chi connectivity index (χ0) is 11.4. The number of hydrogen-bond acceptors (Lipinski definition) is 1. The zero-order valence-corrected chi connectivity index (χ0v) is 9.66. The highest BCUT2D eigenvalue weighted by molar-refractivity contribution is 5.17. The topological polar surface area (TPSA) is 26.0 Å². The molecule has 1 aromatic rings. The molecule has 2 rings (SSSR count). The lowest BCUT2D eigenvalue weighted by atomic mass is 9.94. The smallest absolute Gasteiger partial charge is 0.123 e. The van der Waals surface area contributed by atoms with Crippen LogP contribution < -0.4 is 5.73 Å². The van der Waals surface area contributed by atoms with Crippen LogP contribution in [0, 0.1) is 11.7 Å². The van der Waals surface area contributed by atoms with Gasteiger partial charge in [0.2, 0.25) is 0 Å². The molecule has 1 aliphatic rings.